The SMILES string of the molecule is COCCN(CCOC)C(=O)CSc1nnc2c3ccccc3n(C)c2n1. The number of carbonyl (C=O) groups excluding carboxylic acids is 1. The third-order valence-electron chi connectivity index (χ3n) is 4.30. The fraction of sp³-hybridized carbons (Fsp3) is 0.444. The first-order valence-electron chi connectivity index (χ1n) is 8.62. The third-order valence-corrected chi connectivity index (χ3v) is 5.12. The minimum Gasteiger partial charge on any atom is -0.383 e. The van der Waals surface area contributed by atoms with Crippen molar-refractivity contribution in [3.63, 3.8) is 0 Å². The summed E-state index contributed by atoms with van der Waals surface area (Å²) < 4.78 is 12.1. The molecule has 0 aliphatic heterocycles. The lowest BCUT2D eigenvalue weighted by Crippen LogP contribution is -2.37. The molecule has 0 spiro atoms. The average molecular weight is 389 g/mol. The van der Waals surface area contributed by atoms with E-state index in [4.69, 9.17) is 9.47 Å². The predicted octanol–water partition coefficient (Wildman–Crippen LogP) is 1.73. The van der Waals surface area contributed by atoms with Crippen molar-refractivity contribution >= 4 is 39.7 Å². The Morgan fingerprint density at radius 1 is 1.15 bits per heavy atom. The van der Waals surface area contributed by atoms with Gasteiger partial charge < -0.3 is 18.9 Å². The molecule has 27 heavy (non-hydrogen) atoms. The van der Waals surface area contributed by atoms with Crippen LogP contribution in [0.15, 0.2) is 29.4 Å². The molecule has 2 heterocycles. The van der Waals surface area contributed by atoms with Crippen molar-refractivity contribution in [2.45, 2.75) is 5.16 Å². The summed E-state index contributed by atoms with van der Waals surface area (Å²) in [6, 6.07) is 7.99. The Morgan fingerprint density at radius 3 is 2.56 bits per heavy atom. The smallest absolute Gasteiger partial charge is 0.233 e. The van der Waals surface area contributed by atoms with Crippen molar-refractivity contribution in [1.82, 2.24) is 24.6 Å². The van der Waals surface area contributed by atoms with Gasteiger partial charge in [-0.05, 0) is 6.07 Å². The number of methoxy groups -OCH3 is 2. The van der Waals surface area contributed by atoms with Gasteiger partial charge in [0.25, 0.3) is 0 Å². The van der Waals surface area contributed by atoms with E-state index >= 15 is 0 Å². The number of nitrogens with zero attached hydrogens (tertiary/aromatic N) is 5. The highest BCUT2D eigenvalue weighted by atomic mass is 32.2. The summed E-state index contributed by atoms with van der Waals surface area (Å²) in [7, 11) is 5.19. The zero-order chi connectivity index (χ0) is 19.2. The standard InChI is InChI=1S/C18H23N5O3S/c1-22-14-7-5-4-6-13(14)16-17(22)19-18(21-20-16)27-12-15(24)23(8-10-25-2)9-11-26-3/h4-7H,8-12H2,1-3H3. The molecule has 2 aromatic heterocycles. The zero-order valence-corrected chi connectivity index (χ0v) is 16.5. The molecule has 1 aromatic carbocycles. The monoisotopic (exact) mass is 389 g/mol. The molecule has 0 aliphatic rings. The van der Waals surface area contributed by atoms with Crippen LogP contribution in [0.5, 0.6) is 0 Å². The molecule has 9 heteroatoms. The Bertz CT molecular complexity index is 922. The summed E-state index contributed by atoms with van der Waals surface area (Å²) in [6.45, 7) is 2.03. The number of para-hydroxylation sites is 1. The maximum absolute atomic E-state index is 12.5. The summed E-state index contributed by atoms with van der Waals surface area (Å²) in [4.78, 5) is 18.8. The van der Waals surface area contributed by atoms with Gasteiger partial charge in [0.1, 0.15) is 5.52 Å². The van der Waals surface area contributed by atoms with E-state index in [9.17, 15) is 4.79 Å². The van der Waals surface area contributed by atoms with E-state index in [1.54, 1.807) is 19.1 Å². The second kappa shape index (κ2) is 9.12. The van der Waals surface area contributed by atoms with Gasteiger partial charge in [-0.1, -0.05) is 30.0 Å². The van der Waals surface area contributed by atoms with E-state index in [0.717, 1.165) is 22.1 Å². The van der Waals surface area contributed by atoms with Crippen LogP contribution in [0.3, 0.4) is 0 Å². The van der Waals surface area contributed by atoms with Gasteiger partial charge in [-0.2, -0.15) is 0 Å². The van der Waals surface area contributed by atoms with Gasteiger partial charge in [0.2, 0.25) is 11.1 Å². The normalized spacial score (nSPS) is 11.4. The second-order valence-corrected chi connectivity index (χ2v) is 6.94. The molecule has 0 saturated carbocycles. The van der Waals surface area contributed by atoms with Crippen molar-refractivity contribution in [3.05, 3.63) is 24.3 Å². The van der Waals surface area contributed by atoms with Crippen LogP contribution in [0.2, 0.25) is 0 Å². The van der Waals surface area contributed by atoms with Gasteiger partial charge in [-0.3, -0.25) is 4.79 Å². The summed E-state index contributed by atoms with van der Waals surface area (Å²) >= 11 is 1.29. The van der Waals surface area contributed by atoms with Crippen LogP contribution in [0, 0.1) is 0 Å². The van der Waals surface area contributed by atoms with Crippen LogP contribution in [0.4, 0.5) is 0 Å². The van der Waals surface area contributed by atoms with Crippen molar-refractivity contribution in [1.29, 1.82) is 0 Å². The molecular weight excluding hydrogens is 366 g/mol. The summed E-state index contributed by atoms with van der Waals surface area (Å²) in [5, 5.41) is 10.0. The largest absolute Gasteiger partial charge is 0.383 e. The van der Waals surface area contributed by atoms with E-state index in [-0.39, 0.29) is 11.7 Å². The maximum Gasteiger partial charge on any atom is 0.233 e. The molecule has 0 unspecified atom stereocenters. The molecule has 8 nitrogen and oxygen atoms in total. The Balaban J connectivity index is 1.73. The highest BCUT2D eigenvalue weighted by Crippen LogP contribution is 2.25. The lowest BCUT2D eigenvalue weighted by atomic mass is 10.2. The van der Waals surface area contributed by atoms with Crippen molar-refractivity contribution in [3.8, 4) is 0 Å². The van der Waals surface area contributed by atoms with Crippen LogP contribution in [0.25, 0.3) is 22.1 Å². The van der Waals surface area contributed by atoms with Crippen LogP contribution in [0.1, 0.15) is 0 Å². The number of hydrogen-bond acceptors (Lipinski definition) is 7. The first kappa shape index (κ1) is 19.5. The molecular formula is C18H23N5O3S. The highest BCUT2D eigenvalue weighted by molar-refractivity contribution is 7.99. The molecule has 3 aromatic rings. The fourth-order valence-corrected chi connectivity index (χ4v) is 3.52. The van der Waals surface area contributed by atoms with E-state index in [1.807, 2.05) is 35.9 Å². The molecule has 144 valence electrons. The number of benzene rings is 1. The lowest BCUT2D eigenvalue weighted by Gasteiger charge is -2.21. The molecule has 0 aliphatic carbocycles. The number of fused-ring (bicyclic) bond motifs is 3. The molecule has 0 bridgehead atoms. The number of aryl methyl sites for hydroxylation is 1. The zero-order valence-electron chi connectivity index (χ0n) is 15.7. The summed E-state index contributed by atoms with van der Waals surface area (Å²) in [6.07, 6.45) is 0. The van der Waals surface area contributed by atoms with Crippen molar-refractivity contribution < 1.29 is 14.3 Å². The van der Waals surface area contributed by atoms with Gasteiger partial charge in [0.15, 0.2) is 5.65 Å². The Kier molecular flexibility index (Phi) is 6.59. The quantitative estimate of drug-likeness (QED) is 0.516. The first-order chi connectivity index (χ1) is 13.2. The molecule has 3 rings (SSSR count). The summed E-state index contributed by atoms with van der Waals surface area (Å²) in [5.74, 6) is 0.236. The van der Waals surface area contributed by atoms with Gasteiger partial charge >= 0.3 is 0 Å². The summed E-state index contributed by atoms with van der Waals surface area (Å²) in [5.41, 5.74) is 2.58. The minimum atomic E-state index is -0.00478. The number of ether oxygens (including phenoxy) is 2. The Labute approximate surface area is 161 Å². The Morgan fingerprint density at radius 2 is 1.85 bits per heavy atom. The van der Waals surface area contributed by atoms with Crippen LogP contribution in [-0.4, -0.2) is 76.8 Å². The predicted molar refractivity (Wildman–Crippen MR) is 105 cm³/mol. The molecule has 1 amide bonds. The third kappa shape index (κ3) is 4.37. The van der Waals surface area contributed by atoms with Crippen LogP contribution < -0.4 is 0 Å². The van der Waals surface area contributed by atoms with E-state index in [0.29, 0.717) is 31.5 Å². The molecule has 0 N–H and O–H groups in total. The lowest BCUT2D eigenvalue weighted by molar-refractivity contribution is -0.129. The van der Waals surface area contributed by atoms with E-state index in [2.05, 4.69) is 15.2 Å². The van der Waals surface area contributed by atoms with Gasteiger partial charge in [0.05, 0.1) is 24.5 Å². The Hall–Kier alpha value is -2.23. The highest BCUT2D eigenvalue weighted by Gasteiger charge is 2.16. The van der Waals surface area contributed by atoms with E-state index < -0.39 is 0 Å². The van der Waals surface area contributed by atoms with E-state index in [1.165, 1.54) is 11.8 Å². The second-order valence-electron chi connectivity index (χ2n) is 6.00. The topological polar surface area (TPSA) is 82.4 Å². The average Bonchev–Trinajstić information content (AvgIpc) is 2.98. The maximum atomic E-state index is 12.5. The van der Waals surface area contributed by atoms with Gasteiger partial charge in [-0.25, -0.2) is 4.98 Å². The molecule has 0 saturated heterocycles. The molecule has 0 atom stereocenters. The van der Waals surface area contributed by atoms with Crippen LogP contribution in [-0.2, 0) is 21.3 Å². The fourth-order valence-electron chi connectivity index (χ4n) is 2.83. The number of aromatic nitrogens is 4. The molecule has 0 fully saturated rings. The van der Waals surface area contributed by atoms with Crippen molar-refractivity contribution in [2.24, 2.45) is 7.05 Å². The molecule has 0 radical (unpaired) electrons. The number of carbonyl (C=O) groups is 1. The number of thioether (sulfide) groups is 1. The minimum absolute atomic E-state index is 0.00478. The van der Waals surface area contributed by atoms with Crippen molar-refractivity contribution in [2.75, 3.05) is 46.3 Å². The number of rotatable bonds is 9. The first-order valence-corrected chi connectivity index (χ1v) is 9.60. The van der Waals surface area contributed by atoms with Crippen LogP contribution >= 0.6 is 11.8 Å². The number of hydrogen-bond donors (Lipinski definition) is 0. The number of amides is 1. The van der Waals surface area contributed by atoms with Gasteiger partial charge in [-0.15, -0.1) is 10.2 Å². The van der Waals surface area contributed by atoms with Gasteiger partial charge in [0, 0.05) is 39.7 Å².